The van der Waals surface area contributed by atoms with Crippen molar-refractivity contribution in [3.8, 4) is 0 Å². The lowest BCUT2D eigenvalue weighted by atomic mass is 10.1. The zero-order valence-corrected chi connectivity index (χ0v) is 9.66. The Bertz CT molecular complexity index is 199. The van der Waals surface area contributed by atoms with Crippen LogP contribution in [0.5, 0.6) is 0 Å². The lowest BCUT2D eigenvalue weighted by Crippen LogP contribution is -2.45. The molecule has 2 N–H and O–H groups in total. The standard InChI is InChI=1S/C11H23N3/c1-4-5-6-7-10-8-13-11(12)14(10)9(2)3/h9-10H,4-8H2,1-3H3,(H2,12,13). The number of guanidine groups is 1. The van der Waals surface area contributed by atoms with Gasteiger partial charge in [0.15, 0.2) is 5.96 Å². The Balaban J connectivity index is 2.39. The molecule has 0 aromatic carbocycles. The van der Waals surface area contributed by atoms with Gasteiger partial charge in [-0.2, -0.15) is 0 Å². The van der Waals surface area contributed by atoms with Gasteiger partial charge in [-0.05, 0) is 20.3 Å². The maximum absolute atomic E-state index is 5.85. The second-order valence-corrected chi connectivity index (χ2v) is 4.35. The molecule has 0 bridgehead atoms. The van der Waals surface area contributed by atoms with Crippen LogP contribution in [-0.2, 0) is 0 Å². The second kappa shape index (κ2) is 5.23. The van der Waals surface area contributed by atoms with E-state index in [1.807, 2.05) is 0 Å². The van der Waals surface area contributed by atoms with E-state index in [2.05, 4.69) is 30.7 Å². The third-order valence-corrected chi connectivity index (χ3v) is 2.82. The summed E-state index contributed by atoms with van der Waals surface area (Å²) < 4.78 is 0. The van der Waals surface area contributed by atoms with E-state index >= 15 is 0 Å². The molecular weight excluding hydrogens is 174 g/mol. The molecule has 14 heavy (non-hydrogen) atoms. The van der Waals surface area contributed by atoms with Crippen LogP contribution in [0, 0.1) is 0 Å². The van der Waals surface area contributed by atoms with E-state index in [4.69, 9.17) is 5.73 Å². The Morgan fingerprint density at radius 1 is 1.50 bits per heavy atom. The molecule has 0 aliphatic carbocycles. The maximum Gasteiger partial charge on any atom is 0.191 e. The minimum Gasteiger partial charge on any atom is -0.370 e. The highest BCUT2D eigenvalue weighted by atomic mass is 15.3. The van der Waals surface area contributed by atoms with Gasteiger partial charge >= 0.3 is 0 Å². The number of nitrogens with two attached hydrogens (primary N) is 1. The second-order valence-electron chi connectivity index (χ2n) is 4.35. The van der Waals surface area contributed by atoms with Crippen LogP contribution < -0.4 is 5.73 Å². The van der Waals surface area contributed by atoms with Crippen molar-refractivity contribution < 1.29 is 0 Å². The molecule has 1 atom stereocenters. The van der Waals surface area contributed by atoms with E-state index < -0.39 is 0 Å². The third-order valence-electron chi connectivity index (χ3n) is 2.82. The summed E-state index contributed by atoms with van der Waals surface area (Å²) in [5, 5.41) is 0. The predicted molar refractivity (Wildman–Crippen MR) is 61.4 cm³/mol. The normalized spacial score (nSPS) is 21.9. The molecule has 0 spiro atoms. The van der Waals surface area contributed by atoms with E-state index in [1.165, 1.54) is 25.7 Å². The van der Waals surface area contributed by atoms with Crippen molar-refractivity contribution in [2.75, 3.05) is 6.54 Å². The highest BCUT2D eigenvalue weighted by Crippen LogP contribution is 2.17. The van der Waals surface area contributed by atoms with Gasteiger partial charge in [0.25, 0.3) is 0 Å². The molecule has 0 saturated carbocycles. The summed E-state index contributed by atoms with van der Waals surface area (Å²) in [6.07, 6.45) is 5.14. The van der Waals surface area contributed by atoms with Gasteiger partial charge in [0.1, 0.15) is 0 Å². The molecule has 1 unspecified atom stereocenters. The topological polar surface area (TPSA) is 41.6 Å². The average molecular weight is 197 g/mol. The molecule has 0 aromatic rings. The van der Waals surface area contributed by atoms with Crippen molar-refractivity contribution in [3.63, 3.8) is 0 Å². The van der Waals surface area contributed by atoms with Crippen LogP contribution in [0.1, 0.15) is 46.5 Å². The number of nitrogens with zero attached hydrogens (tertiary/aromatic N) is 2. The van der Waals surface area contributed by atoms with Crippen molar-refractivity contribution in [1.82, 2.24) is 4.90 Å². The van der Waals surface area contributed by atoms with Gasteiger partial charge in [0.05, 0.1) is 12.6 Å². The molecule has 1 aliphatic rings. The summed E-state index contributed by atoms with van der Waals surface area (Å²) in [5.74, 6) is 0.737. The Hall–Kier alpha value is -0.730. The molecule has 1 aliphatic heterocycles. The molecule has 0 amide bonds. The molecule has 3 heteroatoms. The minimum atomic E-state index is 0.480. The monoisotopic (exact) mass is 197 g/mol. The molecule has 82 valence electrons. The molecule has 0 radical (unpaired) electrons. The minimum absolute atomic E-state index is 0.480. The first-order chi connectivity index (χ1) is 6.66. The highest BCUT2D eigenvalue weighted by molar-refractivity contribution is 5.80. The van der Waals surface area contributed by atoms with Crippen molar-refractivity contribution in [2.24, 2.45) is 10.7 Å². The van der Waals surface area contributed by atoms with Crippen molar-refractivity contribution in [3.05, 3.63) is 0 Å². The van der Waals surface area contributed by atoms with E-state index in [1.54, 1.807) is 0 Å². The summed E-state index contributed by atoms with van der Waals surface area (Å²) in [7, 11) is 0. The number of rotatable bonds is 5. The number of hydrogen-bond acceptors (Lipinski definition) is 3. The summed E-state index contributed by atoms with van der Waals surface area (Å²) in [5.41, 5.74) is 5.85. The first-order valence-electron chi connectivity index (χ1n) is 5.75. The van der Waals surface area contributed by atoms with Gasteiger partial charge < -0.3 is 10.6 Å². The van der Waals surface area contributed by atoms with Crippen LogP contribution in [0.2, 0.25) is 0 Å². The number of hydrogen-bond donors (Lipinski definition) is 1. The van der Waals surface area contributed by atoms with Crippen LogP contribution in [0.3, 0.4) is 0 Å². The van der Waals surface area contributed by atoms with Gasteiger partial charge in [-0.3, -0.25) is 4.99 Å². The SMILES string of the molecule is CCCCCC1CN=C(N)N1C(C)C. The van der Waals surface area contributed by atoms with Crippen molar-refractivity contribution in [1.29, 1.82) is 0 Å². The fraction of sp³-hybridized carbons (Fsp3) is 0.909. The van der Waals surface area contributed by atoms with Crippen LogP contribution in [0.15, 0.2) is 4.99 Å². The fourth-order valence-electron chi connectivity index (χ4n) is 2.10. The van der Waals surface area contributed by atoms with Crippen molar-refractivity contribution >= 4 is 5.96 Å². The zero-order chi connectivity index (χ0) is 10.6. The summed E-state index contributed by atoms with van der Waals surface area (Å²) in [6.45, 7) is 7.49. The molecular formula is C11H23N3. The molecule has 0 saturated heterocycles. The Morgan fingerprint density at radius 3 is 2.79 bits per heavy atom. The van der Waals surface area contributed by atoms with Crippen molar-refractivity contribution in [2.45, 2.75) is 58.5 Å². The van der Waals surface area contributed by atoms with E-state index in [-0.39, 0.29) is 0 Å². The van der Waals surface area contributed by atoms with Crippen LogP contribution in [-0.4, -0.2) is 29.5 Å². The van der Waals surface area contributed by atoms with E-state index in [0.29, 0.717) is 12.1 Å². The lowest BCUT2D eigenvalue weighted by Gasteiger charge is -2.30. The summed E-state index contributed by atoms with van der Waals surface area (Å²) in [4.78, 5) is 6.58. The first-order valence-corrected chi connectivity index (χ1v) is 5.75. The third kappa shape index (κ3) is 2.63. The Kier molecular flexibility index (Phi) is 4.23. The largest absolute Gasteiger partial charge is 0.370 e. The molecule has 1 heterocycles. The Morgan fingerprint density at radius 2 is 2.21 bits per heavy atom. The summed E-state index contributed by atoms with van der Waals surface area (Å²) >= 11 is 0. The first kappa shape index (κ1) is 11.3. The molecule has 1 rings (SSSR count). The molecule has 3 nitrogen and oxygen atoms in total. The fourth-order valence-corrected chi connectivity index (χ4v) is 2.10. The highest BCUT2D eigenvalue weighted by Gasteiger charge is 2.27. The smallest absolute Gasteiger partial charge is 0.191 e. The van der Waals surface area contributed by atoms with Gasteiger partial charge in [0.2, 0.25) is 0 Å². The Labute approximate surface area is 87.4 Å². The van der Waals surface area contributed by atoms with Gasteiger partial charge in [-0.25, -0.2) is 0 Å². The molecule has 0 aromatic heterocycles. The van der Waals surface area contributed by atoms with Crippen LogP contribution in [0.4, 0.5) is 0 Å². The number of aliphatic imine (C=N–C) groups is 1. The maximum atomic E-state index is 5.85. The van der Waals surface area contributed by atoms with E-state index in [9.17, 15) is 0 Å². The van der Waals surface area contributed by atoms with Gasteiger partial charge in [-0.15, -0.1) is 0 Å². The van der Waals surface area contributed by atoms with E-state index in [0.717, 1.165) is 12.5 Å². The summed E-state index contributed by atoms with van der Waals surface area (Å²) in [6, 6.07) is 1.04. The zero-order valence-electron chi connectivity index (χ0n) is 9.66. The van der Waals surface area contributed by atoms with Crippen LogP contribution >= 0.6 is 0 Å². The molecule has 0 fully saturated rings. The lowest BCUT2D eigenvalue weighted by molar-refractivity contribution is 0.268. The quantitative estimate of drug-likeness (QED) is 0.685. The number of unbranched alkanes of at least 4 members (excludes halogenated alkanes) is 2. The van der Waals surface area contributed by atoms with Gasteiger partial charge in [-0.1, -0.05) is 26.2 Å². The van der Waals surface area contributed by atoms with Crippen LogP contribution in [0.25, 0.3) is 0 Å². The predicted octanol–water partition coefficient (Wildman–Crippen LogP) is 1.97. The van der Waals surface area contributed by atoms with Gasteiger partial charge in [0, 0.05) is 6.04 Å². The average Bonchev–Trinajstić information content (AvgIpc) is 2.47.